The van der Waals surface area contributed by atoms with Crippen LogP contribution in [0.1, 0.15) is 24.8 Å². The number of benzene rings is 1. The first-order valence-corrected chi connectivity index (χ1v) is 5.48. The van der Waals surface area contributed by atoms with Crippen LogP contribution in [0.2, 0.25) is 0 Å². The van der Waals surface area contributed by atoms with Gasteiger partial charge in [0.15, 0.2) is 0 Å². The third-order valence-electron chi connectivity index (χ3n) is 2.82. The van der Waals surface area contributed by atoms with Crippen LogP contribution in [0.25, 0.3) is 10.9 Å². The van der Waals surface area contributed by atoms with Gasteiger partial charge in [-0.15, -0.1) is 0 Å². The summed E-state index contributed by atoms with van der Waals surface area (Å²) in [6.07, 6.45) is 0.182. The fraction of sp³-hybridized carbons (Fsp3) is 0.231. The number of nitrogens with one attached hydrogen (secondary N) is 1. The van der Waals surface area contributed by atoms with Crippen molar-refractivity contribution in [3.8, 4) is 0 Å². The average Bonchev–Trinajstić information content (AvgIpc) is 2.27. The minimum atomic E-state index is -0.398. The first-order chi connectivity index (χ1) is 8.08. The van der Waals surface area contributed by atoms with Crippen molar-refractivity contribution < 1.29 is 4.79 Å². The van der Waals surface area contributed by atoms with Crippen molar-refractivity contribution in [1.82, 2.24) is 4.98 Å². The van der Waals surface area contributed by atoms with Crippen molar-refractivity contribution in [2.45, 2.75) is 19.3 Å². The first-order valence-electron chi connectivity index (χ1n) is 5.48. The summed E-state index contributed by atoms with van der Waals surface area (Å²) in [5.41, 5.74) is 6.39. The zero-order valence-corrected chi connectivity index (χ0v) is 9.57. The fourth-order valence-corrected chi connectivity index (χ4v) is 1.94. The van der Waals surface area contributed by atoms with Gasteiger partial charge in [-0.2, -0.15) is 0 Å². The highest BCUT2D eigenvalue weighted by atomic mass is 16.1. The summed E-state index contributed by atoms with van der Waals surface area (Å²) in [4.78, 5) is 25.5. The van der Waals surface area contributed by atoms with E-state index in [9.17, 15) is 9.59 Å². The number of fused-ring (bicyclic) bond motifs is 1. The summed E-state index contributed by atoms with van der Waals surface area (Å²) in [6.45, 7) is 1.82. The molecule has 1 aromatic carbocycles. The molecule has 4 heteroatoms. The van der Waals surface area contributed by atoms with Gasteiger partial charge in [-0.1, -0.05) is 25.1 Å². The van der Waals surface area contributed by atoms with E-state index < -0.39 is 5.91 Å². The van der Waals surface area contributed by atoms with Gasteiger partial charge in [-0.05, 0) is 23.4 Å². The second-order valence-electron chi connectivity index (χ2n) is 4.21. The van der Waals surface area contributed by atoms with E-state index in [1.165, 1.54) is 0 Å². The predicted octanol–water partition coefficient (Wildman–Crippen LogP) is 1.51. The number of primary amides is 1. The van der Waals surface area contributed by atoms with Crippen molar-refractivity contribution >= 4 is 16.8 Å². The molecule has 0 aliphatic carbocycles. The molecule has 2 rings (SSSR count). The Balaban J connectivity index is 2.51. The number of nitrogens with two attached hydrogens (primary N) is 1. The number of hydrogen-bond acceptors (Lipinski definition) is 2. The summed E-state index contributed by atoms with van der Waals surface area (Å²) in [5.74, 6) is -0.564. The third kappa shape index (κ3) is 2.36. The monoisotopic (exact) mass is 230 g/mol. The molecule has 1 aromatic heterocycles. The van der Waals surface area contributed by atoms with Crippen molar-refractivity contribution in [3.05, 3.63) is 46.2 Å². The molecule has 0 spiro atoms. The number of carbonyl (C=O) groups is 1. The topological polar surface area (TPSA) is 76.0 Å². The Morgan fingerprint density at radius 2 is 2.12 bits per heavy atom. The van der Waals surface area contributed by atoms with E-state index in [4.69, 9.17) is 5.73 Å². The van der Waals surface area contributed by atoms with E-state index in [2.05, 4.69) is 4.98 Å². The Kier molecular flexibility index (Phi) is 2.95. The maximum Gasteiger partial charge on any atom is 0.251 e. The smallest absolute Gasteiger partial charge is 0.251 e. The molecule has 0 aliphatic heterocycles. The molecule has 0 aliphatic rings. The minimum absolute atomic E-state index is 0.155. The molecule has 2 aromatic rings. The summed E-state index contributed by atoms with van der Waals surface area (Å²) >= 11 is 0. The molecule has 1 unspecified atom stereocenters. The number of amides is 1. The van der Waals surface area contributed by atoms with Crippen molar-refractivity contribution in [1.29, 1.82) is 0 Å². The molecule has 0 saturated carbocycles. The minimum Gasteiger partial charge on any atom is -0.370 e. The van der Waals surface area contributed by atoms with E-state index in [-0.39, 0.29) is 17.9 Å². The Hall–Kier alpha value is -2.10. The van der Waals surface area contributed by atoms with Crippen LogP contribution in [0.5, 0.6) is 0 Å². The molecule has 0 bridgehead atoms. The number of aromatic amines is 1. The zero-order chi connectivity index (χ0) is 12.4. The van der Waals surface area contributed by atoms with Crippen LogP contribution in [0.3, 0.4) is 0 Å². The maximum absolute atomic E-state index is 11.8. The summed E-state index contributed by atoms with van der Waals surface area (Å²) in [6, 6.07) is 9.36. The SMILES string of the molecule is CC(CC(N)=O)c1cc2ccccc2[nH]c1=O. The number of pyridine rings is 1. The second kappa shape index (κ2) is 4.41. The van der Waals surface area contributed by atoms with Crippen molar-refractivity contribution in [3.63, 3.8) is 0 Å². The van der Waals surface area contributed by atoms with Gasteiger partial charge in [0, 0.05) is 17.5 Å². The average molecular weight is 230 g/mol. The van der Waals surface area contributed by atoms with Gasteiger partial charge < -0.3 is 10.7 Å². The molecule has 3 N–H and O–H groups in total. The molecule has 1 heterocycles. The summed E-state index contributed by atoms with van der Waals surface area (Å²) in [5, 5.41) is 0.957. The Labute approximate surface area is 98.5 Å². The van der Waals surface area contributed by atoms with E-state index in [0.29, 0.717) is 5.56 Å². The van der Waals surface area contributed by atoms with Crippen molar-refractivity contribution in [2.24, 2.45) is 5.73 Å². The van der Waals surface area contributed by atoms with Gasteiger partial charge in [0.05, 0.1) is 0 Å². The highest BCUT2D eigenvalue weighted by Crippen LogP contribution is 2.18. The number of para-hydroxylation sites is 1. The van der Waals surface area contributed by atoms with Crippen molar-refractivity contribution in [2.75, 3.05) is 0 Å². The molecule has 4 nitrogen and oxygen atoms in total. The second-order valence-corrected chi connectivity index (χ2v) is 4.21. The lowest BCUT2D eigenvalue weighted by Crippen LogP contribution is -2.19. The molecule has 0 radical (unpaired) electrons. The molecule has 17 heavy (non-hydrogen) atoms. The van der Waals surface area contributed by atoms with Gasteiger partial charge >= 0.3 is 0 Å². The standard InChI is InChI=1S/C13H14N2O2/c1-8(6-12(14)16)10-7-9-4-2-3-5-11(9)15-13(10)17/h2-5,7-8H,6H2,1H3,(H2,14,16)(H,15,17). The van der Waals surface area contributed by atoms with E-state index in [0.717, 1.165) is 10.9 Å². The number of rotatable bonds is 3. The zero-order valence-electron chi connectivity index (χ0n) is 9.57. The summed E-state index contributed by atoms with van der Waals surface area (Å²) in [7, 11) is 0. The normalized spacial score (nSPS) is 12.5. The molecular formula is C13H14N2O2. The Morgan fingerprint density at radius 3 is 2.82 bits per heavy atom. The molecule has 1 amide bonds. The Bertz CT molecular complexity index is 616. The lowest BCUT2D eigenvalue weighted by molar-refractivity contribution is -0.118. The van der Waals surface area contributed by atoms with E-state index in [1.807, 2.05) is 37.3 Å². The van der Waals surface area contributed by atoms with Crippen LogP contribution < -0.4 is 11.3 Å². The molecule has 0 saturated heterocycles. The van der Waals surface area contributed by atoms with Gasteiger partial charge in [0.25, 0.3) is 5.56 Å². The number of H-pyrrole nitrogens is 1. The van der Waals surface area contributed by atoms with Gasteiger partial charge in [0.2, 0.25) is 5.91 Å². The van der Waals surface area contributed by atoms with Gasteiger partial charge in [-0.25, -0.2) is 0 Å². The van der Waals surface area contributed by atoms with Crippen LogP contribution in [-0.4, -0.2) is 10.9 Å². The van der Waals surface area contributed by atoms with Gasteiger partial charge in [-0.3, -0.25) is 9.59 Å². The number of carbonyl (C=O) groups excluding carboxylic acids is 1. The van der Waals surface area contributed by atoms with Crippen LogP contribution in [0, 0.1) is 0 Å². The van der Waals surface area contributed by atoms with Crippen LogP contribution in [-0.2, 0) is 4.79 Å². The summed E-state index contributed by atoms with van der Waals surface area (Å²) < 4.78 is 0. The Morgan fingerprint density at radius 1 is 1.41 bits per heavy atom. The predicted molar refractivity (Wildman–Crippen MR) is 66.8 cm³/mol. The van der Waals surface area contributed by atoms with Crippen LogP contribution >= 0.6 is 0 Å². The van der Waals surface area contributed by atoms with E-state index >= 15 is 0 Å². The van der Waals surface area contributed by atoms with Gasteiger partial charge in [0.1, 0.15) is 0 Å². The quantitative estimate of drug-likeness (QED) is 0.838. The maximum atomic E-state index is 11.8. The molecule has 88 valence electrons. The van der Waals surface area contributed by atoms with Crippen LogP contribution in [0.15, 0.2) is 35.1 Å². The first kappa shape index (κ1) is 11.4. The lowest BCUT2D eigenvalue weighted by atomic mass is 9.97. The number of hydrogen-bond donors (Lipinski definition) is 2. The molecule has 1 atom stereocenters. The van der Waals surface area contributed by atoms with E-state index in [1.54, 1.807) is 0 Å². The molecule has 0 fully saturated rings. The highest BCUT2D eigenvalue weighted by molar-refractivity contribution is 5.79. The molecular weight excluding hydrogens is 216 g/mol. The fourth-order valence-electron chi connectivity index (χ4n) is 1.94. The highest BCUT2D eigenvalue weighted by Gasteiger charge is 2.13. The lowest BCUT2D eigenvalue weighted by Gasteiger charge is -2.09. The third-order valence-corrected chi connectivity index (χ3v) is 2.82. The number of aromatic nitrogens is 1. The largest absolute Gasteiger partial charge is 0.370 e. The van der Waals surface area contributed by atoms with Crippen LogP contribution in [0.4, 0.5) is 0 Å².